The minimum atomic E-state index is -0.230. The molecule has 2 aromatic heterocycles. The third-order valence-corrected chi connectivity index (χ3v) is 3.87. The van der Waals surface area contributed by atoms with Crippen LogP contribution in [0.3, 0.4) is 0 Å². The van der Waals surface area contributed by atoms with E-state index in [-0.39, 0.29) is 12.6 Å². The first-order valence-corrected chi connectivity index (χ1v) is 7.80. The van der Waals surface area contributed by atoms with Crippen LogP contribution < -0.4 is 0 Å². The summed E-state index contributed by atoms with van der Waals surface area (Å²) in [6, 6.07) is 9.62. The predicted molar refractivity (Wildman–Crippen MR) is 87.7 cm³/mol. The average molecular weight is 325 g/mol. The van der Waals surface area contributed by atoms with Crippen molar-refractivity contribution in [3.63, 3.8) is 0 Å². The maximum Gasteiger partial charge on any atom is 0.306 e. The number of aromatic nitrogens is 3. The van der Waals surface area contributed by atoms with E-state index in [4.69, 9.17) is 9.26 Å². The quantitative estimate of drug-likeness (QED) is 0.651. The van der Waals surface area contributed by atoms with Gasteiger partial charge in [0, 0.05) is 24.4 Å². The standard InChI is InChI=1S/C18H19N3O3/c1-13-17(14(2)24-20-13)8-9-18(22)23-12-15-4-6-16(7-5-15)21-11-3-10-19-21/h3-7,10-11H,8-9,12H2,1-2H3. The van der Waals surface area contributed by atoms with Crippen molar-refractivity contribution in [1.82, 2.24) is 14.9 Å². The lowest BCUT2D eigenvalue weighted by atomic mass is 10.1. The Balaban J connectivity index is 1.49. The monoisotopic (exact) mass is 325 g/mol. The maximum atomic E-state index is 11.9. The zero-order chi connectivity index (χ0) is 16.9. The Hall–Kier alpha value is -2.89. The van der Waals surface area contributed by atoms with Crippen LogP contribution in [0.5, 0.6) is 0 Å². The van der Waals surface area contributed by atoms with E-state index >= 15 is 0 Å². The normalized spacial score (nSPS) is 10.8. The van der Waals surface area contributed by atoms with Crippen LogP contribution >= 0.6 is 0 Å². The molecule has 6 heteroatoms. The van der Waals surface area contributed by atoms with Gasteiger partial charge in [0.1, 0.15) is 12.4 Å². The second kappa shape index (κ2) is 7.12. The van der Waals surface area contributed by atoms with Gasteiger partial charge in [0.2, 0.25) is 0 Å². The molecule has 0 bridgehead atoms. The molecule has 0 amide bonds. The van der Waals surface area contributed by atoms with Crippen molar-refractivity contribution in [1.29, 1.82) is 0 Å². The Labute approximate surface area is 140 Å². The van der Waals surface area contributed by atoms with Crippen LogP contribution in [-0.4, -0.2) is 20.9 Å². The third kappa shape index (κ3) is 3.71. The molecule has 24 heavy (non-hydrogen) atoms. The van der Waals surface area contributed by atoms with Crippen LogP contribution in [0.2, 0.25) is 0 Å². The molecule has 3 aromatic rings. The summed E-state index contributed by atoms with van der Waals surface area (Å²) in [7, 11) is 0. The molecule has 1 aromatic carbocycles. The van der Waals surface area contributed by atoms with Gasteiger partial charge in [-0.15, -0.1) is 0 Å². The lowest BCUT2D eigenvalue weighted by molar-refractivity contribution is -0.144. The number of aryl methyl sites for hydroxylation is 2. The van der Waals surface area contributed by atoms with Crippen molar-refractivity contribution in [3.05, 3.63) is 65.3 Å². The third-order valence-electron chi connectivity index (χ3n) is 3.87. The molecule has 0 N–H and O–H groups in total. The largest absolute Gasteiger partial charge is 0.461 e. The summed E-state index contributed by atoms with van der Waals surface area (Å²) in [6.45, 7) is 3.99. The van der Waals surface area contributed by atoms with Gasteiger partial charge in [-0.1, -0.05) is 17.3 Å². The van der Waals surface area contributed by atoms with Gasteiger partial charge < -0.3 is 9.26 Å². The van der Waals surface area contributed by atoms with Gasteiger partial charge >= 0.3 is 5.97 Å². The van der Waals surface area contributed by atoms with E-state index in [2.05, 4.69) is 10.3 Å². The van der Waals surface area contributed by atoms with Crippen LogP contribution in [0.25, 0.3) is 5.69 Å². The molecule has 0 fully saturated rings. The molecular weight excluding hydrogens is 306 g/mol. The van der Waals surface area contributed by atoms with Crippen LogP contribution in [0.1, 0.15) is 29.0 Å². The Morgan fingerprint density at radius 1 is 1.25 bits per heavy atom. The predicted octanol–water partition coefficient (Wildman–Crippen LogP) is 3.15. The lowest BCUT2D eigenvalue weighted by Crippen LogP contribution is -2.06. The molecule has 0 atom stereocenters. The minimum Gasteiger partial charge on any atom is -0.461 e. The van der Waals surface area contributed by atoms with Crippen LogP contribution in [0.4, 0.5) is 0 Å². The van der Waals surface area contributed by atoms with Crippen molar-refractivity contribution in [3.8, 4) is 5.69 Å². The topological polar surface area (TPSA) is 70.2 Å². The Bertz CT molecular complexity index is 785. The van der Waals surface area contributed by atoms with Gasteiger partial charge in [-0.2, -0.15) is 5.10 Å². The van der Waals surface area contributed by atoms with Gasteiger partial charge in [0.15, 0.2) is 0 Å². The smallest absolute Gasteiger partial charge is 0.306 e. The van der Waals surface area contributed by atoms with E-state index in [9.17, 15) is 4.79 Å². The number of esters is 1. The zero-order valence-corrected chi connectivity index (χ0v) is 13.7. The SMILES string of the molecule is Cc1noc(C)c1CCC(=O)OCc1ccc(-n2cccn2)cc1. The number of hydrogen-bond acceptors (Lipinski definition) is 5. The fourth-order valence-corrected chi connectivity index (χ4v) is 2.49. The van der Waals surface area contributed by atoms with Crippen molar-refractivity contribution < 1.29 is 14.1 Å². The molecule has 2 heterocycles. The lowest BCUT2D eigenvalue weighted by Gasteiger charge is -2.06. The number of benzene rings is 1. The highest BCUT2D eigenvalue weighted by atomic mass is 16.5. The van der Waals surface area contributed by atoms with E-state index < -0.39 is 0 Å². The van der Waals surface area contributed by atoms with E-state index in [0.29, 0.717) is 12.8 Å². The molecule has 0 aliphatic rings. The molecule has 0 aliphatic carbocycles. The van der Waals surface area contributed by atoms with Gasteiger partial charge in [-0.3, -0.25) is 4.79 Å². The second-order valence-corrected chi connectivity index (χ2v) is 5.58. The summed E-state index contributed by atoms with van der Waals surface area (Å²) in [5, 5.41) is 8.05. The van der Waals surface area contributed by atoms with Crippen molar-refractivity contribution in [2.24, 2.45) is 0 Å². The Morgan fingerprint density at radius 2 is 2.04 bits per heavy atom. The first-order valence-electron chi connectivity index (χ1n) is 7.80. The number of nitrogens with zero attached hydrogens (tertiary/aromatic N) is 3. The second-order valence-electron chi connectivity index (χ2n) is 5.58. The first kappa shape index (κ1) is 16.0. The molecule has 6 nitrogen and oxygen atoms in total. The van der Waals surface area contributed by atoms with Crippen molar-refractivity contribution >= 4 is 5.97 Å². The molecule has 0 saturated heterocycles. The fraction of sp³-hybridized carbons (Fsp3) is 0.278. The average Bonchev–Trinajstić information content (AvgIpc) is 3.23. The number of rotatable bonds is 6. The van der Waals surface area contributed by atoms with E-state index in [1.54, 1.807) is 10.9 Å². The molecule has 0 aliphatic heterocycles. The number of carbonyl (C=O) groups is 1. The summed E-state index contributed by atoms with van der Waals surface area (Å²) in [6.07, 6.45) is 4.50. The van der Waals surface area contributed by atoms with E-state index in [0.717, 1.165) is 28.3 Å². The van der Waals surface area contributed by atoms with Gasteiger partial charge in [-0.05, 0) is 44.0 Å². The molecule has 0 unspecified atom stereocenters. The number of hydrogen-bond donors (Lipinski definition) is 0. The highest BCUT2D eigenvalue weighted by Gasteiger charge is 2.12. The maximum absolute atomic E-state index is 11.9. The molecule has 0 spiro atoms. The molecule has 0 radical (unpaired) electrons. The number of ether oxygens (including phenoxy) is 1. The van der Waals surface area contributed by atoms with Crippen molar-refractivity contribution in [2.75, 3.05) is 0 Å². The summed E-state index contributed by atoms with van der Waals surface area (Å²) >= 11 is 0. The summed E-state index contributed by atoms with van der Waals surface area (Å²) < 4.78 is 12.2. The van der Waals surface area contributed by atoms with Crippen LogP contribution in [0.15, 0.2) is 47.2 Å². The molecule has 124 valence electrons. The van der Waals surface area contributed by atoms with Crippen LogP contribution in [-0.2, 0) is 22.6 Å². The minimum absolute atomic E-state index is 0.230. The summed E-state index contributed by atoms with van der Waals surface area (Å²) in [5.41, 5.74) is 3.72. The zero-order valence-electron chi connectivity index (χ0n) is 13.7. The van der Waals surface area contributed by atoms with Crippen molar-refractivity contribution in [2.45, 2.75) is 33.3 Å². The fourth-order valence-electron chi connectivity index (χ4n) is 2.49. The molecule has 0 saturated carbocycles. The highest BCUT2D eigenvalue weighted by molar-refractivity contribution is 5.69. The van der Waals surface area contributed by atoms with E-state index in [1.165, 1.54) is 0 Å². The first-order chi connectivity index (χ1) is 11.6. The van der Waals surface area contributed by atoms with Gasteiger partial charge in [0.05, 0.1) is 11.4 Å². The number of carbonyl (C=O) groups excluding carboxylic acids is 1. The Kier molecular flexibility index (Phi) is 4.74. The summed E-state index contributed by atoms with van der Waals surface area (Å²) in [4.78, 5) is 11.9. The van der Waals surface area contributed by atoms with E-state index in [1.807, 2.05) is 50.4 Å². The summed E-state index contributed by atoms with van der Waals surface area (Å²) in [5.74, 6) is 0.528. The van der Waals surface area contributed by atoms with Gasteiger partial charge in [0.25, 0.3) is 0 Å². The Morgan fingerprint density at radius 3 is 2.67 bits per heavy atom. The highest BCUT2D eigenvalue weighted by Crippen LogP contribution is 2.15. The van der Waals surface area contributed by atoms with Crippen LogP contribution in [0, 0.1) is 13.8 Å². The molecule has 3 rings (SSSR count). The van der Waals surface area contributed by atoms with Gasteiger partial charge in [-0.25, -0.2) is 4.68 Å². The molecular formula is C18H19N3O3.